The molecule has 2 aliphatic heterocycles. The standard InChI is InChI=1S/C18H27N3O6S2/c1-3-28(23,24)20-8-6-19(7-9-20)18(22)16-5-4-15(2)17(14-16)29(25,26)21-10-12-27-13-11-21/h4-5,14H,3,6-13H2,1-2H3. The lowest BCUT2D eigenvalue weighted by molar-refractivity contribution is 0.0697. The normalized spacial score (nSPS) is 20.0. The zero-order valence-corrected chi connectivity index (χ0v) is 18.3. The minimum absolute atomic E-state index is 0.0294. The molecule has 0 spiro atoms. The minimum Gasteiger partial charge on any atom is -0.379 e. The Morgan fingerprint density at radius 1 is 0.966 bits per heavy atom. The molecule has 29 heavy (non-hydrogen) atoms. The van der Waals surface area contributed by atoms with Gasteiger partial charge in [-0.15, -0.1) is 0 Å². The fourth-order valence-electron chi connectivity index (χ4n) is 3.47. The highest BCUT2D eigenvalue weighted by Gasteiger charge is 2.31. The monoisotopic (exact) mass is 445 g/mol. The van der Waals surface area contributed by atoms with E-state index < -0.39 is 20.0 Å². The molecule has 1 aromatic carbocycles. The van der Waals surface area contributed by atoms with Gasteiger partial charge in [0.25, 0.3) is 5.91 Å². The van der Waals surface area contributed by atoms with Crippen LogP contribution in [0.2, 0.25) is 0 Å². The fraction of sp³-hybridized carbons (Fsp3) is 0.611. The second-order valence-corrected chi connectivity index (χ2v) is 11.3. The van der Waals surface area contributed by atoms with Gasteiger partial charge in [-0.3, -0.25) is 4.79 Å². The third-order valence-electron chi connectivity index (χ3n) is 5.31. The lowest BCUT2D eigenvalue weighted by Gasteiger charge is -2.34. The number of hydrogen-bond acceptors (Lipinski definition) is 6. The van der Waals surface area contributed by atoms with E-state index in [0.29, 0.717) is 18.8 Å². The molecule has 2 heterocycles. The van der Waals surface area contributed by atoms with Crippen molar-refractivity contribution in [3.8, 4) is 0 Å². The summed E-state index contributed by atoms with van der Waals surface area (Å²) in [5.41, 5.74) is 0.862. The average Bonchev–Trinajstić information content (AvgIpc) is 2.74. The molecule has 0 saturated carbocycles. The molecule has 2 aliphatic rings. The van der Waals surface area contributed by atoms with Gasteiger partial charge in [0.2, 0.25) is 20.0 Å². The molecular weight excluding hydrogens is 418 g/mol. The molecule has 11 heteroatoms. The number of amides is 1. The van der Waals surface area contributed by atoms with Crippen molar-refractivity contribution in [1.29, 1.82) is 0 Å². The van der Waals surface area contributed by atoms with Crippen LogP contribution in [-0.4, -0.2) is 94.5 Å². The van der Waals surface area contributed by atoms with Crippen LogP contribution in [0.1, 0.15) is 22.8 Å². The number of ether oxygens (including phenoxy) is 1. The molecule has 0 unspecified atom stereocenters. The van der Waals surface area contributed by atoms with Crippen molar-refractivity contribution < 1.29 is 26.4 Å². The number of morpholine rings is 1. The van der Waals surface area contributed by atoms with Crippen LogP contribution < -0.4 is 0 Å². The largest absolute Gasteiger partial charge is 0.379 e. The molecule has 1 aromatic rings. The lowest BCUT2D eigenvalue weighted by Crippen LogP contribution is -2.50. The molecule has 0 aliphatic carbocycles. The number of aryl methyl sites for hydroxylation is 1. The summed E-state index contributed by atoms with van der Waals surface area (Å²) in [6.07, 6.45) is 0. The van der Waals surface area contributed by atoms with Crippen LogP contribution in [0.5, 0.6) is 0 Å². The fourth-order valence-corrected chi connectivity index (χ4v) is 6.22. The van der Waals surface area contributed by atoms with E-state index in [2.05, 4.69) is 0 Å². The zero-order valence-electron chi connectivity index (χ0n) is 16.7. The summed E-state index contributed by atoms with van der Waals surface area (Å²) < 4.78 is 58.0. The van der Waals surface area contributed by atoms with Crippen molar-refractivity contribution in [2.45, 2.75) is 18.7 Å². The van der Waals surface area contributed by atoms with Crippen molar-refractivity contribution in [2.75, 3.05) is 58.2 Å². The Morgan fingerprint density at radius 3 is 2.17 bits per heavy atom. The maximum Gasteiger partial charge on any atom is 0.253 e. The molecular formula is C18H27N3O6S2. The molecule has 2 fully saturated rings. The van der Waals surface area contributed by atoms with E-state index in [1.54, 1.807) is 30.9 Å². The van der Waals surface area contributed by atoms with Gasteiger partial charge in [0.15, 0.2) is 0 Å². The molecule has 2 saturated heterocycles. The van der Waals surface area contributed by atoms with E-state index >= 15 is 0 Å². The van der Waals surface area contributed by atoms with Crippen LogP contribution in [0, 0.1) is 6.92 Å². The first kappa shape index (κ1) is 22.2. The lowest BCUT2D eigenvalue weighted by atomic mass is 10.1. The number of benzene rings is 1. The molecule has 0 atom stereocenters. The van der Waals surface area contributed by atoms with E-state index in [1.165, 1.54) is 14.7 Å². The van der Waals surface area contributed by atoms with Crippen molar-refractivity contribution in [2.24, 2.45) is 0 Å². The Hall–Kier alpha value is -1.53. The molecule has 0 bridgehead atoms. The van der Waals surface area contributed by atoms with Gasteiger partial charge in [-0.2, -0.15) is 8.61 Å². The van der Waals surface area contributed by atoms with Crippen molar-refractivity contribution >= 4 is 26.0 Å². The summed E-state index contributed by atoms with van der Waals surface area (Å²) in [5, 5.41) is 0. The SMILES string of the molecule is CCS(=O)(=O)N1CCN(C(=O)c2ccc(C)c(S(=O)(=O)N3CCOCC3)c2)CC1. The maximum absolute atomic E-state index is 13.0. The van der Waals surface area contributed by atoms with E-state index in [1.807, 2.05) is 0 Å². The van der Waals surface area contributed by atoms with Crippen LogP contribution in [0.4, 0.5) is 0 Å². The number of carbonyl (C=O) groups is 1. The van der Waals surface area contributed by atoms with Crippen LogP contribution in [0.3, 0.4) is 0 Å². The first-order chi connectivity index (χ1) is 13.7. The summed E-state index contributed by atoms with van der Waals surface area (Å²) in [5.74, 6) is -0.265. The van der Waals surface area contributed by atoms with Crippen LogP contribution >= 0.6 is 0 Å². The third-order valence-corrected chi connectivity index (χ3v) is 9.23. The molecule has 1 amide bonds. The van der Waals surface area contributed by atoms with Crippen LogP contribution in [0.15, 0.2) is 23.1 Å². The third kappa shape index (κ3) is 4.64. The van der Waals surface area contributed by atoms with E-state index in [4.69, 9.17) is 4.74 Å². The predicted molar refractivity (Wildman–Crippen MR) is 108 cm³/mol. The summed E-state index contributed by atoms with van der Waals surface area (Å²) >= 11 is 0. The average molecular weight is 446 g/mol. The van der Waals surface area contributed by atoms with Crippen molar-refractivity contribution in [3.05, 3.63) is 29.3 Å². The van der Waals surface area contributed by atoms with E-state index in [-0.39, 0.29) is 61.4 Å². The minimum atomic E-state index is -3.72. The molecule has 0 aromatic heterocycles. The summed E-state index contributed by atoms with van der Waals surface area (Å²) in [7, 11) is -6.99. The second-order valence-electron chi connectivity index (χ2n) is 7.09. The second kappa shape index (κ2) is 8.68. The van der Waals surface area contributed by atoms with E-state index in [0.717, 1.165) is 0 Å². The summed E-state index contributed by atoms with van der Waals surface area (Å²) in [4.78, 5) is 14.6. The van der Waals surface area contributed by atoms with Crippen LogP contribution in [-0.2, 0) is 24.8 Å². The Morgan fingerprint density at radius 2 is 1.59 bits per heavy atom. The predicted octanol–water partition coefficient (Wildman–Crippen LogP) is 0.123. The highest BCUT2D eigenvalue weighted by molar-refractivity contribution is 7.89. The first-order valence-electron chi connectivity index (χ1n) is 9.62. The summed E-state index contributed by atoms with van der Waals surface area (Å²) in [6, 6.07) is 4.68. The van der Waals surface area contributed by atoms with Gasteiger partial charge in [-0.05, 0) is 31.5 Å². The summed E-state index contributed by atoms with van der Waals surface area (Å²) in [6.45, 7) is 5.60. The molecule has 162 valence electrons. The van der Waals surface area contributed by atoms with Gasteiger partial charge in [0.1, 0.15) is 0 Å². The zero-order chi connectivity index (χ0) is 21.2. The topological polar surface area (TPSA) is 104 Å². The van der Waals surface area contributed by atoms with Crippen molar-refractivity contribution in [3.63, 3.8) is 0 Å². The maximum atomic E-state index is 13.0. The highest BCUT2D eigenvalue weighted by Crippen LogP contribution is 2.23. The Balaban J connectivity index is 1.78. The van der Waals surface area contributed by atoms with Gasteiger partial charge >= 0.3 is 0 Å². The van der Waals surface area contributed by atoms with Gasteiger partial charge in [-0.1, -0.05) is 6.07 Å². The van der Waals surface area contributed by atoms with Gasteiger partial charge in [0.05, 0.1) is 23.9 Å². The number of nitrogens with zero attached hydrogens (tertiary/aromatic N) is 3. The van der Waals surface area contributed by atoms with Gasteiger partial charge < -0.3 is 9.64 Å². The Kier molecular flexibility index (Phi) is 6.64. The van der Waals surface area contributed by atoms with Gasteiger partial charge in [0, 0.05) is 44.8 Å². The number of hydrogen-bond donors (Lipinski definition) is 0. The van der Waals surface area contributed by atoms with E-state index in [9.17, 15) is 21.6 Å². The Bertz CT molecular complexity index is 963. The van der Waals surface area contributed by atoms with Gasteiger partial charge in [-0.25, -0.2) is 16.8 Å². The quantitative estimate of drug-likeness (QED) is 0.638. The number of sulfonamides is 2. The highest BCUT2D eigenvalue weighted by atomic mass is 32.2. The molecule has 0 radical (unpaired) electrons. The number of carbonyl (C=O) groups excluding carboxylic acids is 1. The van der Waals surface area contributed by atoms with Crippen LogP contribution in [0.25, 0.3) is 0 Å². The van der Waals surface area contributed by atoms with Crippen molar-refractivity contribution in [1.82, 2.24) is 13.5 Å². The first-order valence-corrected chi connectivity index (χ1v) is 12.7. The Labute approximate surface area is 172 Å². The molecule has 3 rings (SSSR count). The number of piperazine rings is 1. The molecule has 9 nitrogen and oxygen atoms in total. The number of rotatable bonds is 5. The smallest absolute Gasteiger partial charge is 0.253 e. The molecule has 0 N–H and O–H groups in total.